The monoisotopic (exact) mass is 633 g/mol. The Morgan fingerprint density at radius 2 is 1.70 bits per heavy atom. The fourth-order valence-electron chi connectivity index (χ4n) is 3.88. The van der Waals surface area contributed by atoms with Crippen molar-refractivity contribution in [3.8, 4) is 11.3 Å². The molecule has 186 valence electrons. The SMILES string of the molecule is O=C(Nc1c(Br)cc([N+](=O)[O-])cc1Br)c1cnn2c(C(F)(F)F)cc(-c3cccc4ccccc34)nc12. The van der Waals surface area contributed by atoms with Gasteiger partial charge in [0.1, 0.15) is 5.56 Å². The van der Waals surface area contributed by atoms with Crippen molar-refractivity contribution in [1.29, 1.82) is 0 Å². The number of alkyl halides is 3. The van der Waals surface area contributed by atoms with Crippen LogP contribution in [0.15, 0.2) is 75.8 Å². The molecule has 8 nitrogen and oxygen atoms in total. The van der Waals surface area contributed by atoms with Gasteiger partial charge in [0.25, 0.3) is 11.6 Å². The van der Waals surface area contributed by atoms with Crippen molar-refractivity contribution < 1.29 is 22.9 Å². The van der Waals surface area contributed by atoms with Crippen molar-refractivity contribution >= 4 is 65.6 Å². The number of benzene rings is 3. The molecule has 5 rings (SSSR count). The van der Waals surface area contributed by atoms with Crippen molar-refractivity contribution in [2.45, 2.75) is 6.18 Å². The maximum atomic E-state index is 14.0. The smallest absolute Gasteiger partial charge is 0.320 e. The second kappa shape index (κ2) is 9.23. The average Bonchev–Trinajstić information content (AvgIpc) is 3.28. The van der Waals surface area contributed by atoms with Gasteiger partial charge >= 0.3 is 6.18 Å². The van der Waals surface area contributed by atoms with E-state index in [4.69, 9.17) is 0 Å². The van der Waals surface area contributed by atoms with Crippen molar-refractivity contribution in [3.05, 3.63) is 97.2 Å². The van der Waals surface area contributed by atoms with Crippen LogP contribution < -0.4 is 5.32 Å². The molecule has 37 heavy (non-hydrogen) atoms. The number of nitro groups is 1. The number of hydrogen-bond donors (Lipinski definition) is 1. The molecule has 2 heterocycles. The van der Waals surface area contributed by atoms with Crippen LogP contribution in [0.4, 0.5) is 24.5 Å². The van der Waals surface area contributed by atoms with Crippen molar-refractivity contribution in [2.75, 3.05) is 5.32 Å². The summed E-state index contributed by atoms with van der Waals surface area (Å²) >= 11 is 6.35. The standard InChI is InChI=1S/C24H12Br2F3N5O3/c25-17-8-13(34(36)37)9-18(26)21(17)32-23(35)16-11-30-33-20(24(27,28)29)10-19(31-22(16)33)15-7-3-5-12-4-1-2-6-14(12)15/h1-11H,(H,32,35). The van der Waals surface area contributed by atoms with Gasteiger partial charge in [0.2, 0.25) is 0 Å². The third-order valence-electron chi connectivity index (χ3n) is 5.55. The van der Waals surface area contributed by atoms with Gasteiger partial charge in [-0.2, -0.15) is 18.3 Å². The van der Waals surface area contributed by atoms with Crippen molar-refractivity contribution in [3.63, 3.8) is 0 Å². The molecule has 0 atom stereocenters. The lowest BCUT2D eigenvalue weighted by atomic mass is 10.0. The number of carbonyl (C=O) groups excluding carboxylic acids is 1. The second-order valence-electron chi connectivity index (χ2n) is 7.84. The molecule has 13 heteroatoms. The van der Waals surface area contributed by atoms with Gasteiger partial charge in [0.05, 0.1) is 22.5 Å². The number of nitro benzene ring substituents is 1. The number of anilines is 1. The zero-order valence-corrected chi connectivity index (χ0v) is 21.4. The molecule has 5 aromatic rings. The molecular formula is C24H12Br2F3N5O3. The highest BCUT2D eigenvalue weighted by Crippen LogP contribution is 2.37. The lowest BCUT2D eigenvalue weighted by Crippen LogP contribution is -2.16. The Kier molecular flexibility index (Phi) is 6.20. The summed E-state index contributed by atoms with van der Waals surface area (Å²) in [5.74, 6) is -0.805. The Balaban J connectivity index is 1.66. The molecule has 0 radical (unpaired) electrons. The Bertz CT molecular complexity index is 1710. The van der Waals surface area contributed by atoms with Gasteiger partial charge in [0.15, 0.2) is 11.3 Å². The number of aromatic nitrogens is 3. The molecule has 0 unspecified atom stereocenters. The van der Waals surface area contributed by atoms with E-state index in [1.807, 2.05) is 18.2 Å². The molecular weight excluding hydrogens is 623 g/mol. The first-order valence-electron chi connectivity index (χ1n) is 10.4. The minimum absolute atomic E-state index is 0.0175. The second-order valence-corrected chi connectivity index (χ2v) is 9.55. The molecule has 3 aromatic carbocycles. The molecule has 0 bridgehead atoms. The summed E-state index contributed by atoms with van der Waals surface area (Å²) < 4.78 is 43.1. The molecule has 2 aromatic heterocycles. The first-order valence-corrected chi connectivity index (χ1v) is 12.0. The lowest BCUT2D eigenvalue weighted by Gasteiger charge is -2.13. The van der Waals surface area contributed by atoms with Gasteiger partial charge in [-0.15, -0.1) is 0 Å². The van der Waals surface area contributed by atoms with E-state index >= 15 is 0 Å². The van der Waals surface area contributed by atoms with Crippen LogP contribution in [0.25, 0.3) is 27.7 Å². The van der Waals surface area contributed by atoms with Crippen LogP contribution in [0.2, 0.25) is 0 Å². The van der Waals surface area contributed by atoms with E-state index in [0.717, 1.165) is 17.6 Å². The highest BCUT2D eigenvalue weighted by atomic mass is 79.9. The fraction of sp³-hybridized carbons (Fsp3) is 0.0417. The number of non-ortho nitro benzene ring substituents is 1. The van der Waals surface area contributed by atoms with E-state index in [1.165, 1.54) is 12.1 Å². The van der Waals surface area contributed by atoms with Gasteiger partial charge in [-0.25, -0.2) is 9.50 Å². The maximum absolute atomic E-state index is 14.0. The molecule has 0 aliphatic carbocycles. The van der Waals surface area contributed by atoms with Crippen LogP contribution in [0.1, 0.15) is 16.1 Å². The maximum Gasteiger partial charge on any atom is 0.433 e. The third kappa shape index (κ3) is 4.55. The number of hydrogen-bond acceptors (Lipinski definition) is 5. The number of rotatable bonds is 4. The quantitative estimate of drug-likeness (QED) is 0.166. The highest BCUT2D eigenvalue weighted by molar-refractivity contribution is 9.11. The molecule has 0 aliphatic rings. The van der Waals surface area contributed by atoms with Crippen LogP contribution in [0.5, 0.6) is 0 Å². The summed E-state index contributed by atoms with van der Waals surface area (Å²) in [6, 6.07) is 15.7. The predicted octanol–water partition coefficient (Wildman–Crippen LogP) is 7.25. The fourth-order valence-corrected chi connectivity index (χ4v) is 5.24. The van der Waals surface area contributed by atoms with Crippen LogP contribution in [0, 0.1) is 10.1 Å². The van der Waals surface area contributed by atoms with E-state index in [-0.39, 0.29) is 37.2 Å². The average molecular weight is 635 g/mol. The number of amides is 1. The van der Waals surface area contributed by atoms with E-state index in [1.54, 1.807) is 24.3 Å². The predicted molar refractivity (Wildman–Crippen MR) is 137 cm³/mol. The van der Waals surface area contributed by atoms with Crippen LogP contribution in [-0.4, -0.2) is 25.4 Å². The normalized spacial score (nSPS) is 11.7. The molecule has 1 amide bonds. The molecule has 0 saturated carbocycles. The zero-order chi connectivity index (χ0) is 26.5. The molecule has 0 fully saturated rings. The van der Waals surface area contributed by atoms with E-state index in [9.17, 15) is 28.1 Å². The summed E-state index contributed by atoms with van der Waals surface area (Å²) in [5.41, 5.74) is -1.23. The Morgan fingerprint density at radius 1 is 1.03 bits per heavy atom. The summed E-state index contributed by atoms with van der Waals surface area (Å²) in [4.78, 5) is 28.0. The number of carbonyl (C=O) groups is 1. The summed E-state index contributed by atoms with van der Waals surface area (Å²) in [5, 5.41) is 18.9. The minimum Gasteiger partial charge on any atom is -0.320 e. The number of nitrogens with one attached hydrogen (secondary N) is 1. The number of nitrogens with zero attached hydrogens (tertiary/aromatic N) is 4. The molecule has 0 aliphatic heterocycles. The zero-order valence-electron chi connectivity index (χ0n) is 18.3. The summed E-state index contributed by atoms with van der Waals surface area (Å²) in [6.45, 7) is 0. The van der Waals surface area contributed by atoms with Crippen molar-refractivity contribution in [1.82, 2.24) is 14.6 Å². The Morgan fingerprint density at radius 3 is 2.38 bits per heavy atom. The first-order chi connectivity index (χ1) is 17.5. The topological polar surface area (TPSA) is 102 Å². The Hall–Kier alpha value is -3.84. The van der Waals surface area contributed by atoms with E-state index < -0.39 is 22.7 Å². The minimum atomic E-state index is -4.79. The van der Waals surface area contributed by atoms with Gasteiger partial charge in [-0.1, -0.05) is 42.5 Å². The van der Waals surface area contributed by atoms with E-state index in [0.29, 0.717) is 15.5 Å². The Labute approximate surface area is 222 Å². The lowest BCUT2D eigenvalue weighted by molar-refractivity contribution is -0.385. The molecule has 1 N–H and O–H groups in total. The largest absolute Gasteiger partial charge is 0.433 e. The van der Waals surface area contributed by atoms with Crippen LogP contribution in [-0.2, 0) is 6.18 Å². The first kappa shape index (κ1) is 24.8. The summed E-state index contributed by atoms with van der Waals surface area (Å²) in [7, 11) is 0. The summed E-state index contributed by atoms with van der Waals surface area (Å²) in [6.07, 6.45) is -3.79. The number of fused-ring (bicyclic) bond motifs is 2. The van der Waals surface area contributed by atoms with Gasteiger partial charge < -0.3 is 5.32 Å². The van der Waals surface area contributed by atoms with Crippen LogP contribution in [0.3, 0.4) is 0 Å². The van der Waals surface area contributed by atoms with Crippen LogP contribution >= 0.6 is 31.9 Å². The molecule has 0 spiro atoms. The van der Waals surface area contributed by atoms with Gasteiger partial charge in [-0.3, -0.25) is 14.9 Å². The van der Waals surface area contributed by atoms with E-state index in [2.05, 4.69) is 47.3 Å². The van der Waals surface area contributed by atoms with Gasteiger partial charge in [0, 0.05) is 26.6 Å². The molecule has 0 saturated heterocycles. The highest BCUT2D eigenvalue weighted by Gasteiger charge is 2.36. The van der Waals surface area contributed by atoms with Gasteiger partial charge in [-0.05, 0) is 48.7 Å². The third-order valence-corrected chi connectivity index (χ3v) is 6.80. The number of halogens is 5. The van der Waals surface area contributed by atoms with Crippen molar-refractivity contribution in [2.24, 2.45) is 0 Å².